The van der Waals surface area contributed by atoms with Crippen LogP contribution in [-0.2, 0) is 15.0 Å². The average molecular weight is 420 g/mol. The third-order valence-corrected chi connectivity index (χ3v) is 4.92. The molecule has 10 heteroatoms. The summed E-state index contributed by atoms with van der Waals surface area (Å²) in [5.41, 5.74) is 6.74. The fourth-order valence-electron chi connectivity index (χ4n) is 2.49. The van der Waals surface area contributed by atoms with Gasteiger partial charge in [0, 0.05) is 0 Å². The van der Waals surface area contributed by atoms with Gasteiger partial charge in [-0.2, -0.15) is 8.42 Å². The van der Waals surface area contributed by atoms with E-state index in [0.717, 1.165) is 5.57 Å². The van der Waals surface area contributed by atoms with Gasteiger partial charge in [-0.3, -0.25) is 14.5 Å². The number of rotatable bonds is 7. The number of nitrogens with one attached hydrogen (secondary N) is 2. The lowest BCUT2D eigenvalue weighted by atomic mass is 10.1. The van der Waals surface area contributed by atoms with E-state index in [9.17, 15) is 13.2 Å². The minimum Gasteiger partial charge on any atom is -0.490 e. The summed E-state index contributed by atoms with van der Waals surface area (Å²) in [6.45, 7) is 10.8. The number of anilines is 1. The molecule has 1 heterocycles. The summed E-state index contributed by atoms with van der Waals surface area (Å²) in [4.78, 5) is 16.3. The molecule has 0 spiro atoms. The molecule has 0 saturated heterocycles. The average Bonchev–Trinajstić information content (AvgIpc) is 2.62. The summed E-state index contributed by atoms with van der Waals surface area (Å²) in [7, 11) is -3.87. The molecule has 0 radical (unpaired) electrons. The van der Waals surface area contributed by atoms with Crippen LogP contribution < -0.4 is 20.5 Å². The zero-order valence-electron chi connectivity index (χ0n) is 16.8. The van der Waals surface area contributed by atoms with Crippen LogP contribution in [0.15, 0.2) is 51.0 Å². The van der Waals surface area contributed by atoms with E-state index < -0.39 is 21.7 Å². The summed E-state index contributed by atoms with van der Waals surface area (Å²) in [6.07, 6.45) is 3.49. The topological polar surface area (TPSA) is 135 Å². The van der Waals surface area contributed by atoms with E-state index >= 15 is 0 Å². The maximum absolute atomic E-state index is 12.5. The molecule has 0 aliphatic carbocycles. The summed E-state index contributed by atoms with van der Waals surface area (Å²) in [6, 6.07) is 4.83. The number of nitrogens with two attached hydrogens (primary N) is 1. The molecule has 4 N–H and O–H groups in total. The molecule has 0 saturated carbocycles. The van der Waals surface area contributed by atoms with Gasteiger partial charge in [0.1, 0.15) is 18.1 Å². The van der Waals surface area contributed by atoms with Crippen molar-refractivity contribution in [1.29, 1.82) is 0 Å². The number of carbonyl (C=O) groups excluding carboxylic acids is 1. The van der Waals surface area contributed by atoms with Gasteiger partial charge in [-0.05, 0) is 52.6 Å². The smallest absolute Gasteiger partial charge is 0.344 e. The Bertz CT molecular complexity index is 1020. The van der Waals surface area contributed by atoms with Gasteiger partial charge in [0.25, 0.3) is 5.91 Å². The number of carbonyl (C=O) groups is 1. The highest BCUT2D eigenvalue weighted by molar-refractivity contribution is 7.91. The molecular weight excluding hydrogens is 394 g/mol. The Morgan fingerprint density at radius 1 is 1.45 bits per heavy atom. The zero-order valence-corrected chi connectivity index (χ0v) is 17.6. The molecular formula is C19H25N5O4S. The van der Waals surface area contributed by atoms with Crippen LogP contribution in [0.5, 0.6) is 5.75 Å². The lowest BCUT2D eigenvalue weighted by Gasteiger charge is -2.27. The molecule has 0 aromatic heterocycles. The van der Waals surface area contributed by atoms with Crippen molar-refractivity contribution in [2.45, 2.75) is 33.2 Å². The fraction of sp³-hybridized carbons (Fsp3) is 0.316. The number of allylic oxidation sites excluding steroid dienone is 3. The fourth-order valence-corrected chi connectivity index (χ4v) is 3.33. The highest BCUT2D eigenvalue weighted by atomic mass is 32.2. The molecule has 1 aromatic carbocycles. The van der Waals surface area contributed by atoms with E-state index in [0.29, 0.717) is 11.3 Å². The number of amidine groups is 1. The van der Waals surface area contributed by atoms with Gasteiger partial charge < -0.3 is 15.8 Å². The molecule has 1 aliphatic rings. The van der Waals surface area contributed by atoms with Crippen LogP contribution in [0.2, 0.25) is 0 Å². The van der Waals surface area contributed by atoms with Crippen LogP contribution in [0, 0.1) is 0 Å². The second kappa shape index (κ2) is 8.48. The highest BCUT2D eigenvalue weighted by Crippen LogP contribution is 2.30. The first-order valence-electron chi connectivity index (χ1n) is 8.76. The number of hydrogen-bond acceptors (Lipinski definition) is 6. The Morgan fingerprint density at radius 3 is 2.76 bits per heavy atom. The number of amides is 1. The minimum atomic E-state index is -3.87. The first kappa shape index (κ1) is 22.2. The van der Waals surface area contributed by atoms with E-state index in [1.165, 1.54) is 0 Å². The summed E-state index contributed by atoms with van der Waals surface area (Å²) < 4.78 is 34.9. The molecule has 1 amide bonds. The normalized spacial score (nSPS) is 16.2. The first-order valence-corrected chi connectivity index (χ1v) is 10.2. The van der Waals surface area contributed by atoms with Crippen LogP contribution in [-0.4, -0.2) is 39.0 Å². The van der Waals surface area contributed by atoms with Crippen molar-refractivity contribution in [3.05, 3.63) is 47.2 Å². The predicted molar refractivity (Wildman–Crippen MR) is 114 cm³/mol. The molecule has 29 heavy (non-hydrogen) atoms. The van der Waals surface area contributed by atoms with Gasteiger partial charge in [-0.15, -0.1) is 4.40 Å². The lowest BCUT2D eigenvalue weighted by Crippen LogP contribution is -2.48. The van der Waals surface area contributed by atoms with E-state index in [2.05, 4.69) is 26.1 Å². The minimum absolute atomic E-state index is 0.0856. The summed E-state index contributed by atoms with van der Waals surface area (Å²) in [5.74, 6) is -0.214. The molecule has 0 unspecified atom stereocenters. The number of hydrogen-bond donors (Lipinski definition) is 3. The van der Waals surface area contributed by atoms with Gasteiger partial charge in [0.15, 0.2) is 5.84 Å². The van der Waals surface area contributed by atoms with Crippen molar-refractivity contribution >= 4 is 34.4 Å². The van der Waals surface area contributed by atoms with Gasteiger partial charge in [0.2, 0.25) is 0 Å². The molecule has 0 bridgehead atoms. The number of ether oxygens (including phenoxy) is 1. The van der Waals surface area contributed by atoms with Gasteiger partial charge >= 0.3 is 10.2 Å². The third kappa shape index (κ3) is 5.67. The van der Waals surface area contributed by atoms with Crippen LogP contribution in [0.25, 0.3) is 0 Å². The van der Waals surface area contributed by atoms with Crippen molar-refractivity contribution in [2.24, 2.45) is 15.1 Å². The molecule has 156 valence electrons. The Kier molecular flexibility index (Phi) is 6.48. The Hall–Kier alpha value is -3.14. The molecule has 9 nitrogen and oxygen atoms in total. The van der Waals surface area contributed by atoms with E-state index in [1.54, 1.807) is 38.1 Å². The van der Waals surface area contributed by atoms with Crippen molar-refractivity contribution < 1.29 is 17.9 Å². The quantitative estimate of drug-likeness (QED) is 0.352. The summed E-state index contributed by atoms with van der Waals surface area (Å²) >= 11 is 0. The van der Waals surface area contributed by atoms with Crippen molar-refractivity contribution in [2.75, 3.05) is 11.3 Å². The first-order chi connectivity index (χ1) is 13.5. The standard InChI is InChI=1S/C19H25N5O4S/c1-6-12(2)10-14(21-5)18(25)22-19(3,4)11-28-15-9-7-8-13-16(15)17(20)24-29(26,27)23-13/h6-10,23H,5,11H2,1-4H3,(H2,20,24)(H,22,25)/b12-6-,14-10-. The second-order valence-electron chi connectivity index (χ2n) is 7.08. The van der Waals surface area contributed by atoms with Gasteiger partial charge in [-0.25, -0.2) is 0 Å². The molecule has 2 rings (SSSR count). The monoisotopic (exact) mass is 419 g/mol. The maximum Gasteiger partial charge on any atom is 0.344 e. The van der Waals surface area contributed by atoms with Crippen molar-refractivity contribution in [3.8, 4) is 5.75 Å². The molecule has 1 aliphatic heterocycles. The number of aliphatic imine (C=N–C) groups is 1. The van der Waals surface area contributed by atoms with Gasteiger partial charge in [0.05, 0.1) is 16.8 Å². The third-order valence-electron chi connectivity index (χ3n) is 4.00. The van der Waals surface area contributed by atoms with Gasteiger partial charge in [-0.1, -0.05) is 17.7 Å². The zero-order chi connectivity index (χ0) is 21.8. The Morgan fingerprint density at radius 2 is 2.14 bits per heavy atom. The maximum atomic E-state index is 12.5. The Labute approximate surface area is 170 Å². The SMILES string of the molecule is C=N/C(=C\C(C)=C/C)C(=O)NC(C)(C)COc1cccc2c1C(N)=NS(=O)(=O)N2. The molecule has 1 aromatic rings. The van der Waals surface area contributed by atoms with E-state index in [1.807, 2.05) is 19.9 Å². The predicted octanol–water partition coefficient (Wildman–Crippen LogP) is 1.89. The number of nitrogens with zero attached hydrogens (tertiary/aromatic N) is 2. The van der Waals surface area contributed by atoms with E-state index in [-0.39, 0.29) is 23.8 Å². The number of fused-ring (bicyclic) bond motifs is 1. The number of benzene rings is 1. The van der Waals surface area contributed by atoms with Crippen LogP contribution >= 0.6 is 0 Å². The van der Waals surface area contributed by atoms with Crippen LogP contribution in [0.3, 0.4) is 0 Å². The molecule has 0 fully saturated rings. The van der Waals surface area contributed by atoms with Crippen LogP contribution in [0.1, 0.15) is 33.3 Å². The van der Waals surface area contributed by atoms with E-state index in [4.69, 9.17) is 10.5 Å². The van der Waals surface area contributed by atoms with Crippen LogP contribution in [0.4, 0.5) is 5.69 Å². The highest BCUT2D eigenvalue weighted by Gasteiger charge is 2.27. The second-order valence-corrected chi connectivity index (χ2v) is 8.42. The largest absolute Gasteiger partial charge is 0.490 e. The lowest BCUT2D eigenvalue weighted by molar-refractivity contribution is -0.119. The summed E-state index contributed by atoms with van der Waals surface area (Å²) in [5, 5.41) is 2.85. The molecule has 0 atom stereocenters. The Balaban J connectivity index is 2.17. The van der Waals surface area contributed by atoms with Crippen molar-refractivity contribution in [1.82, 2.24) is 5.32 Å². The van der Waals surface area contributed by atoms with Crippen molar-refractivity contribution in [3.63, 3.8) is 0 Å².